The van der Waals surface area contributed by atoms with Gasteiger partial charge in [-0.1, -0.05) is 36.4 Å². The summed E-state index contributed by atoms with van der Waals surface area (Å²) in [5, 5.41) is 0. The van der Waals surface area contributed by atoms with Crippen LogP contribution in [0.3, 0.4) is 0 Å². The van der Waals surface area contributed by atoms with Crippen molar-refractivity contribution in [3.8, 4) is 0 Å². The number of hydrogen-bond acceptors (Lipinski definition) is 2. The number of ether oxygens (including phenoxy) is 1. The number of methoxy groups -OCH3 is 1. The highest BCUT2D eigenvalue weighted by Crippen LogP contribution is 2.11. The van der Waals surface area contributed by atoms with Crippen molar-refractivity contribution in [2.24, 2.45) is 5.73 Å². The van der Waals surface area contributed by atoms with Crippen LogP contribution in [-0.4, -0.2) is 13.7 Å². The molecule has 0 aliphatic heterocycles. The molecule has 0 bridgehead atoms. The van der Waals surface area contributed by atoms with Crippen molar-refractivity contribution in [3.05, 3.63) is 41.5 Å². The molecule has 0 aromatic heterocycles. The zero-order valence-electron chi connectivity index (χ0n) is 7.86. The van der Waals surface area contributed by atoms with Gasteiger partial charge in [0, 0.05) is 13.7 Å². The lowest BCUT2D eigenvalue weighted by atomic mass is 10.1. The van der Waals surface area contributed by atoms with Crippen LogP contribution in [0.4, 0.5) is 0 Å². The molecule has 0 fully saturated rings. The van der Waals surface area contributed by atoms with E-state index in [1.54, 1.807) is 7.11 Å². The van der Waals surface area contributed by atoms with Crippen molar-refractivity contribution >= 4 is 6.08 Å². The lowest BCUT2D eigenvalue weighted by Crippen LogP contribution is -1.94. The Kier molecular flexibility index (Phi) is 4.23. The molecule has 2 nitrogen and oxygen atoms in total. The Bertz CT molecular complexity index is 281. The molecule has 0 saturated heterocycles. The van der Waals surface area contributed by atoms with Crippen LogP contribution in [0.5, 0.6) is 0 Å². The molecule has 0 amide bonds. The van der Waals surface area contributed by atoms with E-state index in [1.165, 1.54) is 11.1 Å². The standard InChI is InChI=1S/C11H15NO/c1-13-9-11-6-3-2-5-10(11)7-4-8-12/h2-7H,8-9,12H2,1H3. The normalized spacial score (nSPS) is 10.9. The number of rotatable bonds is 4. The van der Waals surface area contributed by atoms with Gasteiger partial charge < -0.3 is 10.5 Å². The van der Waals surface area contributed by atoms with Gasteiger partial charge in [-0.3, -0.25) is 0 Å². The quantitative estimate of drug-likeness (QED) is 0.761. The van der Waals surface area contributed by atoms with Gasteiger partial charge in [0.2, 0.25) is 0 Å². The van der Waals surface area contributed by atoms with Gasteiger partial charge in [0.1, 0.15) is 0 Å². The fourth-order valence-electron chi connectivity index (χ4n) is 1.18. The van der Waals surface area contributed by atoms with Gasteiger partial charge in [0.05, 0.1) is 6.61 Å². The van der Waals surface area contributed by atoms with Gasteiger partial charge in [-0.15, -0.1) is 0 Å². The lowest BCUT2D eigenvalue weighted by molar-refractivity contribution is 0.184. The second-order valence-electron chi connectivity index (χ2n) is 2.77. The van der Waals surface area contributed by atoms with Crippen molar-refractivity contribution in [1.82, 2.24) is 0 Å². The summed E-state index contributed by atoms with van der Waals surface area (Å²) in [5.41, 5.74) is 7.75. The van der Waals surface area contributed by atoms with Crippen molar-refractivity contribution < 1.29 is 4.74 Å². The van der Waals surface area contributed by atoms with Gasteiger partial charge in [-0.25, -0.2) is 0 Å². The maximum absolute atomic E-state index is 5.38. The third-order valence-electron chi connectivity index (χ3n) is 1.79. The van der Waals surface area contributed by atoms with Crippen LogP contribution < -0.4 is 5.73 Å². The molecule has 0 radical (unpaired) electrons. The van der Waals surface area contributed by atoms with Crippen molar-refractivity contribution in [1.29, 1.82) is 0 Å². The van der Waals surface area contributed by atoms with Crippen LogP contribution >= 0.6 is 0 Å². The average molecular weight is 177 g/mol. The Balaban J connectivity index is 2.84. The molecule has 0 atom stereocenters. The summed E-state index contributed by atoms with van der Waals surface area (Å²) in [6, 6.07) is 8.13. The van der Waals surface area contributed by atoms with E-state index < -0.39 is 0 Å². The number of hydrogen-bond donors (Lipinski definition) is 1. The second-order valence-corrected chi connectivity index (χ2v) is 2.77. The Morgan fingerprint density at radius 2 is 2.15 bits per heavy atom. The molecule has 0 unspecified atom stereocenters. The summed E-state index contributed by atoms with van der Waals surface area (Å²) in [6.07, 6.45) is 3.96. The van der Waals surface area contributed by atoms with E-state index >= 15 is 0 Å². The maximum atomic E-state index is 5.38. The summed E-state index contributed by atoms with van der Waals surface area (Å²) in [7, 11) is 1.70. The average Bonchev–Trinajstić information content (AvgIpc) is 2.17. The Morgan fingerprint density at radius 1 is 1.38 bits per heavy atom. The first-order valence-electron chi connectivity index (χ1n) is 4.32. The second kappa shape index (κ2) is 5.51. The van der Waals surface area contributed by atoms with Gasteiger partial charge in [0.25, 0.3) is 0 Å². The molecule has 1 rings (SSSR count). The summed E-state index contributed by atoms with van der Waals surface area (Å²) in [6.45, 7) is 1.21. The van der Waals surface area contributed by atoms with E-state index in [-0.39, 0.29) is 0 Å². The topological polar surface area (TPSA) is 35.2 Å². The molecule has 1 aromatic carbocycles. The summed E-state index contributed by atoms with van der Waals surface area (Å²) in [4.78, 5) is 0. The van der Waals surface area contributed by atoms with Crippen LogP contribution in [0.25, 0.3) is 6.08 Å². The third kappa shape index (κ3) is 3.01. The lowest BCUT2D eigenvalue weighted by Gasteiger charge is -2.03. The smallest absolute Gasteiger partial charge is 0.0718 e. The predicted molar refractivity (Wildman–Crippen MR) is 55.2 cm³/mol. The maximum Gasteiger partial charge on any atom is 0.0718 e. The summed E-state index contributed by atoms with van der Waals surface area (Å²) >= 11 is 0. The molecule has 1 aromatic rings. The Morgan fingerprint density at radius 3 is 2.85 bits per heavy atom. The highest BCUT2D eigenvalue weighted by atomic mass is 16.5. The van der Waals surface area contributed by atoms with E-state index in [0.717, 1.165) is 0 Å². The van der Waals surface area contributed by atoms with Crippen LogP contribution in [-0.2, 0) is 11.3 Å². The van der Waals surface area contributed by atoms with Crippen molar-refractivity contribution in [3.63, 3.8) is 0 Å². The molecule has 0 spiro atoms. The van der Waals surface area contributed by atoms with E-state index in [9.17, 15) is 0 Å². The zero-order valence-corrected chi connectivity index (χ0v) is 7.86. The molecular formula is C11H15NO. The summed E-state index contributed by atoms with van der Waals surface area (Å²) < 4.78 is 5.08. The molecule has 70 valence electrons. The minimum absolute atomic E-state index is 0.571. The van der Waals surface area contributed by atoms with Crippen LogP contribution in [0.15, 0.2) is 30.3 Å². The largest absolute Gasteiger partial charge is 0.380 e. The monoisotopic (exact) mass is 177 g/mol. The highest BCUT2D eigenvalue weighted by Gasteiger charge is 1.95. The summed E-state index contributed by atoms with van der Waals surface area (Å²) in [5.74, 6) is 0. The van der Waals surface area contributed by atoms with E-state index in [4.69, 9.17) is 10.5 Å². The first-order chi connectivity index (χ1) is 6.38. The Hall–Kier alpha value is -1.12. The highest BCUT2D eigenvalue weighted by molar-refractivity contribution is 5.53. The fraction of sp³-hybridized carbons (Fsp3) is 0.273. The molecule has 0 aliphatic rings. The number of benzene rings is 1. The first-order valence-corrected chi connectivity index (χ1v) is 4.32. The molecule has 0 heterocycles. The Labute approximate surface area is 79.0 Å². The van der Waals surface area contributed by atoms with Crippen LogP contribution in [0, 0.1) is 0 Å². The van der Waals surface area contributed by atoms with Crippen LogP contribution in [0.1, 0.15) is 11.1 Å². The molecule has 2 heteroatoms. The molecule has 13 heavy (non-hydrogen) atoms. The predicted octanol–water partition coefficient (Wildman–Crippen LogP) is 1.80. The van der Waals surface area contributed by atoms with Crippen molar-refractivity contribution in [2.75, 3.05) is 13.7 Å². The van der Waals surface area contributed by atoms with E-state index in [0.29, 0.717) is 13.2 Å². The van der Waals surface area contributed by atoms with Crippen LogP contribution in [0.2, 0.25) is 0 Å². The molecular weight excluding hydrogens is 162 g/mol. The van der Waals surface area contributed by atoms with E-state index in [2.05, 4.69) is 12.1 Å². The molecule has 0 aliphatic carbocycles. The van der Waals surface area contributed by atoms with Gasteiger partial charge in [-0.2, -0.15) is 0 Å². The minimum atomic E-state index is 0.571. The molecule has 2 N–H and O–H groups in total. The zero-order chi connectivity index (χ0) is 9.52. The number of nitrogens with two attached hydrogens (primary N) is 1. The third-order valence-corrected chi connectivity index (χ3v) is 1.79. The SMILES string of the molecule is COCc1ccccc1C=CCN. The van der Waals surface area contributed by atoms with E-state index in [1.807, 2.05) is 24.3 Å². The van der Waals surface area contributed by atoms with Gasteiger partial charge >= 0.3 is 0 Å². The molecule has 0 saturated carbocycles. The minimum Gasteiger partial charge on any atom is -0.380 e. The van der Waals surface area contributed by atoms with Gasteiger partial charge in [0.15, 0.2) is 0 Å². The fourth-order valence-corrected chi connectivity index (χ4v) is 1.18. The van der Waals surface area contributed by atoms with Gasteiger partial charge in [-0.05, 0) is 11.1 Å². The van der Waals surface area contributed by atoms with Crippen molar-refractivity contribution in [2.45, 2.75) is 6.61 Å². The first kappa shape index (κ1) is 9.96.